The van der Waals surface area contributed by atoms with Crippen LogP contribution in [0.25, 0.3) is 0 Å². The number of carbonyl (C=O) groups is 2. The highest BCUT2D eigenvalue weighted by molar-refractivity contribution is 6.25. The monoisotopic (exact) mass is 262 g/mol. The summed E-state index contributed by atoms with van der Waals surface area (Å²) in [5.74, 6) is -0.595. The summed E-state index contributed by atoms with van der Waals surface area (Å²) in [6.07, 6.45) is 2.02. The molecule has 0 aromatic heterocycles. The third-order valence-electron chi connectivity index (χ3n) is 1.59. The van der Waals surface area contributed by atoms with Gasteiger partial charge in [-0.3, -0.25) is 4.79 Å². The van der Waals surface area contributed by atoms with Crippen molar-refractivity contribution in [3.63, 3.8) is 0 Å². The molecule has 0 aromatic carbocycles. The summed E-state index contributed by atoms with van der Waals surface area (Å²) < 4.78 is 14.1. The minimum absolute atomic E-state index is 0.266. The van der Waals surface area contributed by atoms with Crippen molar-refractivity contribution in [1.82, 2.24) is 0 Å². The molecule has 0 fully saturated rings. The van der Waals surface area contributed by atoms with Crippen molar-refractivity contribution < 1.29 is 23.8 Å². The average molecular weight is 262 g/mol. The Morgan fingerprint density at radius 3 is 2.24 bits per heavy atom. The fourth-order valence-electron chi connectivity index (χ4n) is 0.779. The number of hydrogen-bond acceptors (Lipinski definition) is 5. The highest BCUT2D eigenvalue weighted by atomic mass is 28.1. The van der Waals surface area contributed by atoms with E-state index in [0.717, 1.165) is 12.7 Å². The van der Waals surface area contributed by atoms with Crippen molar-refractivity contribution in [1.29, 1.82) is 0 Å². The second-order valence-corrected chi connectivity index (χ2v) is 5.53. The number of methoxy groups -OCH3 is 1. The summed E-state index contributed by atoms with van der Waals surface area (Å²) >= 11 is 0. The second kappa shape index (κ2) is 10.0. The van der Waals surface area contributed by atoms with E-state index in [4.69, 9.17) is 4.74 Å². The Balaban J connectivity index is 0. The average Bonchev–Trinajstić information content (AvgIpc) is 2.26. The van der Waals surface area contributed by atoms with Gasteiger partial charge in [-0.25, -0.2) is 4.79 Å². The zero-order valence-corrected chi connectivity index (χ0v) is 13.2. The van der Waals surface area contributed by atoms with Crippen molar-refractivity contribution in [2.24, 2.45) is 0 Å². The molecule has 0 N–H and O–H groups in total. The van der Waals surface area contributed by atoms with E-state index in [1.54, 1.807) is 6.92 Å². The maximum Gasteiger partial charge on any atom is 0.333 e. The van der Waals surface area contributed by atoms with Gasteiger partial charge in [0.1, 0.15) is 5.22 Å². The Hall–Kier alpha value is -1.14. The molecule has 1 atom stereocenters. The molecule has 100 valence electrons. The number of rotatable bonds is 5. The van der Waals surface area contributed by atoms with Gasteiger partial charge in [-0.05, 0) is 13.3 Å². The van der Waals surface area contributed by atoms with Crippen LogP contribution in [0.1, 0.15) is 27.2 Å². The van der Waals surface area contributed by atoms with Gasteiger partial charge in [0.15, 0.2) is 0 Å². The molecule has 0 saturated carbocycles. The van der Waals surface area contributed by atoms with Gasteiger partial charge >= 0.3 is 11.9 Å². The lowest BCUT2D eigenvalue weighted by atomic mass is 10.4. The smallest absolute Gasteiger partial charge is 0.333 e. The predicted octanol–water partition coefficient (Wildman–Crippen LogP) is 0.361. The lowest BCUT2D eigenvalue weighted by molar-refractivity contribution is -0.157. The Labute approximate surface area is 106 Å². The minimum Gasteiger partial charge on any atom is -0.467 e. The molecule has 5 nitrogen and oxygen atoms in total. The minimum atomic E-state index is -0.662. The molecule has 0 bridgehead atoms. The van der Waals surface area contributed by atoms with E-state index in [9.17, 15) is 9.59 Å². The van der Waals surface area contributed by atoms with Crippen LogP contribution in [-0.2, 0) is 23.8 Å². The van der Waals surface area contributed by atoms with Crippen molar-refractivity contribution in [3.05, 3.63) is 12.8 Å². The van der Waals surface area contributed by atoms with E-state index < -0.39 is 5.22 Å². The quantitative estimate of drug-likeness (QED) is 0.407. The molecule has 17 heavy (non-hydrogen) atoms. The van der Waals surface area contributed by atoms with E-state index in [1.807, 2.05) is 6.92 Å². The van der Waals surface area contributed by atoms with Crippen molar-refractivity contribution in [3.8, 4) is 0 Å². The maximum absolute atomic E-state index is 11.0. The third kappa shape index (κ3) is 11.1. The summed E-state index contributed by atoms with van der Waals surface area (Å²) in [7, 11) is 2.04. The van der Waals surface area contributed by atoms with Crippen molar-refractivity contribution in [2.75, 3.05) is 13.7 Å². The fraction of sp³-hybridized carbons (Fsp3) is 0.636. The standard InChI is InChI=1S/C7H16O3Si.C4H6O2/c1-4-5-10-7(2,11)6(8)9-3;1-3-6-4(2)5/h4-5H2,1-3,11H3;3H,1H2,2H3. The number of ether oxygens (including phenoxy) is 3. The Bertz CT molecular complexity index is 250. The molecule has 1 unspecified atom stereocenters. The van der Waals surface area contributed by atoms with Crippen molar-refractivity contribution in [2.45, 2.75) is 32.4 Å². The molecule has 6 heteroatoms. The molecular weight excluding hydrogens is 240 g/mol. The zero-order valence-electron chi connectivity index (χ0n) is 11.2. The van der Waals surface area contributed by atoms with Crippen LogP contribution in [0.5, 0.6) is 0 Å². The Kier molecular flexibility index (Phi) is 10.8. The maximum atomic E-state index is 11.0. The molecule has 0 saturated heterocycles. The van der Waals surface area contributed by atoms with Crippen LogP contribution in [0.4, 0.5) is 0 Å². The molecule has 0 amide bonds. The van der Waals surface area contributed by atoms with Gasteiger partial charge in [-0.1, -0.05) is 13.5 Å². The highest BCUT2D eigenvalue weighted by Gasteiger charge is 2.28. The van der Waals surface area contributed by atoms with Gasteiger partial charge < -0.3 is 14.2 Å². The largest absolute Gasteiger partial charge is 0.467 e. The normalized spacial score (nSPS) is 12.7. The summed E-state index contributed by atoms with van der Waals surface area (Å²) in [5.41, 5.74) is 0. The lowest BCUT2D eigenvalue weighted by Gasteiger charge is -2.21. The number of esters is 2. The van der Waals surface area contributed by atoms with Crippen molar-refractivity contribution >= 4 is 22.2 Å². The molecule has 0 aliphatic heterocycles. The molecule has 0 aromatic rings. The fourth-order valence-corrected chi connectivity index (χ4v) is 1.19. The first-order valence-electron chi connectivity index (χ1n) is 5.32. The van der Waals surface area contributed by atoms with Gasteiger partial charge in [0.05, 0.1) is 23.6 Å². The molecule has 0 aliphatic carbocycles. The van der Waals surface area contributed by atoms with Crippen LogP contribution in [0.15, 0.2) is 12.8 Å². The summed E-state index contributed by atoms with van der Waals surface area (Å²) in [5, 5.41) is -0.662. The molecule has 0 heterocycles. The van der Waals surface area contributed by atoms with Gasteiger partial charge in [0, 0.05) is 13.5 Å². The van der Waals surface area contributed by atoms with E-state index in [2.05, 4.69) is 16.1 Å². The first-order valence-corrected chi connectivity index (χ1v) is 6.32. The Morgan fingerprint density at radius 2 is 2.00 bits per heavy atom. The van der Waals surface area contributed by atoms with E-state index in [-0.39, 0.29) is 11.9 Å². The second-order valence-electron chi connectivity index (χ2n) is 3.63. The predicted molar refractivity (Wildman–Crippen MR) is 68.6 cm³/mol. The lowest BCUT2D eigenvalue weighted by Crippen LogP contribution is -2.40. The van der Waals surface area contributed by atoms with Gasteiger partial charge in [-0.15, -0.1) is 0 Å². The van der Waals surface area contributed by atoms with Gasteiger partial charge in [0.25, 0.3) is 0 Å². The van der Waals surface area contributed by atoms with Crippen LogP contribution >= 0.6 is 0 Å². The summed E-state index contributed by atoms with van der Waals surface area (Å²) in [4.78, 5) is 20.8. The van der Waals surface area contributed by atoms with Crippen LogP contribution in [0, 0.1) is 0 Å². The molecule has 0 aliphatic rings. The van der Waals surface area contributed by atoms with Crippen LogP contribution in [-0.4, -0.2) is 41.1 Å². The number of carbonyl (C=O) groups excluding carboxylic acids is 2. The molecule has 0 spiro atoms. The Morgan fingerprint density at radius 1 is 1.47 bits per heavy atom. The van der Waals surface area contributed by atoms with E-state index in [0.29, 0.717) is 16.8 Å². The molecular formula is C11H22O5Si. The summed E-state index contributed by atoms with van der Waals surface area (Å²) in [6.45, 7) is 8.87. The van der Waals surface area contributed by atoms with Crippen LogP contribution in [0.3, 0.4) is 0 Å². The SMILES string of the molecule is C=COC(C)=O.CCCOC(C)([SiH3])C(=O)OC. The van der Waals surface area contributed by atoms with Crippen LogP contribution < -0.4 is 0 Å². The van der Waals surface area contributed by atoms with Gasteiger partial charge in [-0.2, -0.15) is 0 Å². The molecule has 0 rings (SSSR count). The van der Waals surface area contributed by atoms with E-state index >= 15 is 0 Å². The molecule has 0 radical (unpaired) electrons. The van der Waals surface area contributed by atoms with Crippen LogP contribution in [0.2, 0.25) is 0 Å². The number of hydrogen-bond donors (Lipinski definition) is 0. The topological polar surface area (TPSA) is 61.8 Å². The first kappa shape index (κ1) is 18.2. The summed E-state index contributed by atoms with van der Waals surface area (Å²) in [6, 6.07) is 0. The first-order chi connectivity index (χ1) is 7.81. The third-order valence-corrected chi connectivity index (χ3v) is 2.29. The zero-order chi connectivity index (χ0) is 13.9. The highest BCUT2D eigenvalue weighted by Crippen LogP contribution is 2.07. The van der Waals surface area contributed by atoms with Gasteiger partial charge in [0.2, 0.25) is 0 Å². The van der Waals surface area contributed by atoms with E-state index in [1.165, 1.54) is 14.0 Å².